The average Bonchev–Trinajstić information content (AvgIpc) is 3.45. The van der Waals surface area contributed by atoms with Crippen LogP contribution < -0.4 is 11.2 Å². The standard InChI is InChI=1S/C21H17FN4O2/c22-17-9-5-4-6-14(17)12-24-13-23-19-18(24)20(27)26(16-10-11-16)21(28)25(19)15-7-2-1-3-8-15/h1-9,13,16H,10-12H2. The van der Waals surface area contributed by atoms with Crippen molar-refractivity contribution in [3.8, 4) is 5.69 Å². The molecule has 6 nitrogen and oxygen atoms in total. The maximum atomic E-state index is 14.1. The molecule has 1 saturated carbocycles. The Morgan fingerprint density at radius 1 is 1.00 bits per heavy atom. The molecular weight excluding hydrogens is 359 g/mol. The number of imidazole rings is 1. The van der Waals surface area contributed by atoms with E-state index in [1.54, 1.807) is 34.9 Å². The first-order chi connectivity index (χ1) is 13.6. The summed E-state index contributed by atoms with van der Waals surface area (Å²) in [6, 6.07) is 15.5. The van der Waals surface area contributed by atoms with Crippen LogP contribution in [0.4, 0.5) is 4.39 Å². The fraction of sp³-hybridized carbons (Fsp3) is 0.190. The van der Waals surface area contributed by atoms with Gasteiger partial charge in [0.1, 0.15) is 5.82 Å². The molecule has 0 bridgehead atoms. The van der Waals surface area contributed by atoms with Crippen molar-refractivity contribution in [1.29, 1.82) is 0 Å². The van der Waals surface area contributed by atoms with Crippen molar-refractivity contribution in [2.24, 2.45) is 0 Å². The van der Waals surface area contributed by atoms with Crippen molar-refractivity contribution in [1.82, 2.24) is 18.7 Å². The Hall–Kier alpha value is -3.48. The van der Waals surface area contributed by atoms with Gasteiger partial charge in [-0.25, -0.2) is 18.7 Å². The van der Waals surface area contributed by atoms with Gasteiger partial charge in [0.2, 0.25) is 0 Å². The first-order valence-corrected chi connectivity index (χ1v) is 9.16. The van der Waals surface area contributed by atoms with E-state index in [0.717, 1.165) is 12.8 Å². The van der Waals surface area contributed by atoms with E-state index >= 15 is 0 Å². The van der Waals surface area contributed by atoms with Crippen molar-refractivity contribution in [3.63, 3.8) is 0 Å². The second kappa shape index (κ2) is 6.30. The zero-order valence-electron chi connectivity index (χ0n) is 15.0. The third-order valence-corrected chi connectivity index (χ3v) is 5.07. The molecule has 2 heterocycles. The Morgan fingerprint density at radius 3 is 2.43 bits per heavy atom. The maximum Gasteiger partial charge on any atom is 0.337 e. The molecule has 0 atom stereocenters. The largest absolute Gasteiger partial charge is 0.337 e. The third kappa shape index (κ3) is 2.58. The van der Waals surface area contributed by atoms with Crippen LogP contribution in [0.2, 0.25) is 0 Å². The zero-order chi connectivity index (χ0) is 19.3. The molecule has 0 amide bonds. The van der Waals surface area contributed by atoms with E-state index in [2.05, 4.69) is 4.98 Å². The fourth-order valence-corrected chi connectivity index (χ4v) is 3.55. The molecule has 2 aromatic heterocycles. The van der Waals surface area contributed by atoms with E-state index in [4.69, 9.17) is 0 Å². The topological polar surface area (TPSA) is 61.8 Å². The lowest BCUT2D eigenvalue weighted by Gasteiger charge is -2.12. The van der Waals surface area contributed by atoms with Gasteiger partial charge in [0.25, 0.3) is 5.56 Å². The lowest BCUT2D eigenvalue weighted by Crippen LogP contribution is -2.39. The van der Waals surface area contributed by atoms with Crippen LogP contribution in [-0.2, 0) is 6.54 Å². The van der Waals surface area contributed by atoms with Gasteiger partial charge in [-0.15, -0.1) is 0 Å². The minimum atomic E-state index is -0.387. The quantitative estimate of drug-likeness (QED) is 0.550. The van der Waals surface area contributed by atoms with Gasteiger partial charge < -0.3 is 4.57 Å². The lowest BCUT2D eigenvalue weighted by atomic mass is 10.2. The lowest BCUT2D eigenvalue weighted by molar-refractivity contribution is 0.599. The molecule has 5 rings (SSSR count). The van der Waals surface area contributed by atoms with Crippen molar-refractivity contribution in [3.05, 3.63) is 93.1 Å². The number of halogens is 1. The Kier molecular flexibility index (Phi) is 3.75. The Labute approximate surface area is 159 Å². The molecule has 140 valence electrons. The van der Waals surface area contributed by atoms with E-state index in [9.17, 15) is 14.0 Å². The van der Waals surface area contributed by atoms with Gasteiger partial charge in [-0.3, -0.25) is 9.36 Å². The number of para-hydroxylation sites is 1. The van der Waals surface area contributed by atoms with E-state index < -0.39 is 0 Å². The predicted octanol–water partition coefficient (Wildman–Crippen LogP) is 2.87. The highest BCUT2D eigenvalue weighted by atomic mass is 19.1. The minimum absolute atomic E-state index is 0.0869. The van der Waals surface area contributed by atoms with E-state index in [1.165, 1.54) is 21.5 Å². The number of hydrogen-bond acceptors (Lipinski definition) is 3. The van der Waals surface area contributed by atoms with Gasteiger partial charge >= 0.3 is 5.69 Å². The molecule has 2 aromatic carbocycles. The molecule has 0 aliphatic heterocycles. The molecule has 0 saturated heterocycles. The molecule has 0 radical (unpaired) electrons. The molecule has 0 unspecified atom stereocenters. The second-order valence-electron chi connectivity index (χ2n) is 7.00. The monoisotopic (exact) mass is 376 g/mol. The summed E-state index contributed by atoms with van der Waals surface area (Å²) in [5, 5.41) is 0. The Balaban J connectivity index is 1.80. The second-order valence-corrected chi connectivity index (χ2v) is 7.00. The van der Waals surface area contributed by atoms with Crippen molar-refractivity contribution in [2.75, 3.05) is 0 Å². The Morgan fingerprint density at radius 2 is 1.71 bits per heavy atom. The zero-order valence-corrected chi connectivity index (χ0v) is 15.0. The van der Waals surface area contributed by atoms with Crippen LogP contribution in [0.15, 0.2) is 70.5 Å². The predicted molar refractivity (Wildman–Crippen MR) is 103 cm³/mol. The van der Waals surface area contributed by atoms with Crippen LogP contribution in [0.3, 0.4) is 0 Å². The summed E-state index contributed by atoms with van der Waals surface area (Å²) in [6.45, 7) is 0.163. The van der Waals surface area contributed by atoms with Gasteiger partial charge in [0.15, 0.2) is 11.2 Å². The normalized spacial score (nSPS) is 13.9. The van der Waals surface area contributed by atoms with Gasteiger partial charge in [-0.05, 0) is 31.0 Å². The molecule has 4 aromatic rings. The molecule has 7 heteroatoms. The van der Waals surface area contributed by atoms with Crippen molar-refractivity contribution in [2.45, 2.75) is 25.4 Å². The Bertz CT molecular complexity index is 1300. The smallest absolute Gasteiger partial charge is 0.320 e. The first kappa shape index (κ1) is 16.7. The van der Waals surface area contributed by atoms with E-state index in [1.807, 2.05) is 18.2 Å². The highest BCUT2D eigenvalue weighted by Gasteiger charge is 2.30. The highest BCUT2D eigenvalue weighted by molar-refractivity contribution is 5.72. The van der Waals surface area contributed by atoms with Gasteiger partial charge in [0, 0.05) is 11.6 Å². The molecule has 0 N–H and O–H groups in total. The molecule has 1 aliphatic carbocycles. The first-order valence-electron chi connectivity index (χ1n) is 9.16. The molecular formula is C21H17FN4O2. The molecule has 1 aliphatic rings. The minimum Gasteiger partial charge on any atom is -0.320 e. The van der Waals surface area contributed by atoms with Gasteiger partial charge in [0.05, 0.1) is 18.6 Å². The summed E-state index contributed by atoms with van der Waals surface area (Å²) < 4.78 is 18.5. The summed E-state index contributed by atoms with van der Waals surface area (Å²) in [5.74, 6) is -0.344. The molecule has 28 heavy (non-hydrogen) atoms. The summed E-state index contributed by atoms with van der Waals surface area (Å²) in [5.41, 5.74) is 0.929. The van der Waals surface area contributed by atoms with Gasteiger partial charge in [-0.2, -0.15) is 0 Å². The SMILES string of the molecule is O=c1c2c(ncn2Cc2ccccc2F)n(-c2ccccc2)c(=O)n1C1CC1. The number of benzene rings is 2. The fourth-order valence-electron chi connectivity index (χ4n) is 3.55. The molecule has 0 spiro atoms. The third-order valence-electron chi connectivity index (χ3n) is 5.07. The van der Waals surface area contributed by atoms with Crippen LogP contribution in [0.5, 0.6) is 0 Å². The van der Waals surface area contributed by atoms with Crippen molar-refractivity contribution >= 4 is 11.2 Å². The number of aromatic nitrogens is 4. The summed E-state index contributed by atoms with van der Waals surface area (Å²) >= 11 is 0. The number of nitrogens with zero attached hydrogens (tertiary/aromatic N) is 4. The van der Waals surface area contributed by atoms with Gasteiger partial charge in [-0.1, -0.05) is 36.4 Å². The van der Waals surface area contributed by atoms with Crippen LogP contribution in [0.1, 0.15) is 24.4 Å². The summed E-state index contributed by atoms with van der Waals surface area (Å²) in [4.78, 5) is 30.6. The van der Waals surface area contributed by atoms with Crippen LogP contribution >= 0.6 is 0 Å². The van der Waals surface area contributed by atoms with Crippen LogP contribution in [-0.4, -0.2) is 18.7 Å². The summed E-state index contributed by atoms with van der Waals surface area (Å²) in [7, 11) is 0. The van der Waals surface area contributed by atoms with Crippen molar-refractivity contribution < 1.29 is 4.39 Å². The van der Waals surface area contributed by atoms with Crippen LogP contribution in [0.25, 0.3) is 16.9 Å². The molecule has 1 fully saturated rings. The summed E-state index contributed by atoms with van der Waals surface area (Å²) in [6.07, 6.45) is 3.10. The maximum absolute atomic E-state index is 14.1. The number of hydrogen-bond donors (Lipinski definition) is 0. The highest BCUT2D eigenvalue weighted by Crippen LogP contribution is 2.32. The number of rotatable bonds is 4. The number of fused-ring (bicyclic) bond motifs is 1. The van der Waals surface area contributed by atoms with E-state index in [0.29, 0.717) is 16.8 Å². The average molecular weight is 376 g/mol. The van der Waals surface area contributed by atoms with Crippen LogP contribution in [0, 0.1) is 5.82 Å². The van der Waals surface area contributed by atoms with E-state index in [-0.39, 0.29) is 35.3 Å².